The minimum Gasteiger partial charge on any atom is -0.493 e. The molecule has 5 nitrogen and oxygen atoms in total. The number of anilines is 1. The van der Waals surface area contributed by atoms with Crippen LogP contribution in [0.3, 0.4) is 0 Å². The largest absolute Gasteiger partial charge is 0.493 e. The Labute approximate surface area is 135 Å². The Morgan fingerprint density at radius 3 is 2.68 bits per heavy atom. The highest BCUT2D eigenvalue weighted by molar-refractivity contribution is 7.80. The Morgan fingerprint density at radius 1 is 1.23 bits per heavy atom. The minimum atomic E-state index is 0.0431. The Kier molecular flexibility index (Phi) is 5.97. The van der Waals surface area contributed by atoms with Gasteiger partial charge in [0.05, 0.1) is 25.0 Å². The van der Waals surface area contributed by atoms with Crippen LogP contribution in [0, 0.1) is 0 Å². The van der Waals surface area contributed by atoms with Crippen molar-refractivity contribution in [2.45, 2.75) is 13.0 Å². The van der Waals surface area contributed by atoms with E-state index in [1.807, 2.05) is 43.3 Å². The molecule has 2 aromatic rings. The van der Waals surface area contributed by atoms with Crippen LogP contribution in [0.25, 0.3) is 0 Å². The molecule has 0 radical (unpaired) electrons. The van der Waals surface area contributed by atoms with Gasteiger partial charge in [-0.1, -0.05) is 12.1 Å². The van der Waals surface area contributed by atoms with E-state index < -0.39 is 0 Å². The van der Waals surface area contributed by atoms with Gasteiger partial charge in [0.25, 0.3) is 0 Å². The third kappa shape index (κ3) is 4.89. The van der Waals surface area contributed by atoms with Gasteiger partial charge in [-0.25, -0.2) is 0 Å². The second-order valence-electron chi connectivity index (χ2n) is 4.70. The molecule has 1 atom stereocenters. The normalized spacial score (nSPS) is 11.4. The maximum absolute atomic E-state index is 5.75. The molecule has 0 aliphatic carbocycles. The number of ether oxygens (including phenoxy) is 2. The first-order chi connectivity index (χ1) is 10.7. The number of aromatic nitrogens is 1. The molecule has 0 aliphatic rings. The van der Waals surface area contributed by atoms with Gasteiger partial charge in [0.1, 0.15) is 6.61 Å². The number of hydrogen-bond acceptors (Lipinski definition) is 4. The van der Waals surface area contributed by atoms with Gasteiger partial charge in [0.2, 0.25) is 0 Å². The molecule has 2 N–H and O–H groups in total. The van der Waals surface area contributed by atoms with E-state index in [0.717, 1.165) is 5.69 Å². The van der Waals surface area contributed by atoms with Gasteiger partial charge in [-0.05, 0) is 43.4 Å². The molecular formula is C16H19N3O2S. The standard InChI is InChI=1S/C16H19N3O2S/c1-12(11-21-15-8-4-3-7-14(15)20-2)18-16(22)19-13-6-5-9-17-10-13/h3-10,12H,11H2,1-2H3,(H2,18,19,22)/t12-/m1/s1. The fraction of sp³-hybridized carbons (Fsp3) is 0.250. The second-order valence-corrected chi connectivity index (χ2v) is 5.11. The molecular weight excluding hydrogens is 298 g/mol. The number of methoxy groups -OCH3 is 1. The average molecular weight is 317 g/mol. The maximum Gasteiger partial charge on any atom is 0.171 e. The number of para-hydroxylation sites is 2. The van der Waals surface area contributed by atoms with E-state index in [1.165, 1.54) is 0 Å². The lowest BCUT2D eigenvalue weighted by atomic mass is 10.3. The summed E-state index contributed by atoms with van der Waals surface area (Å²) in [6.45, 7) is 2.46. The highest BCUT2D eigenvalue weighted by Crippen LogP contribution is 2.25. The second kappa shape index (κ2) is 8.19. The lowest BCUT2D eigenvalue weighted by molar-refractivity contribution is 0.270. The summed E-state index contributed by atoms with van der Waals surface area (Å²) in [6, 6.07) is 11.3. The summed E-state index contributed by atoms with van der Waals surface area (Å²) in [5.41, 5.74) is 0.845. The van der Waals surface area contributed by atoms with Gasteiger partial charge in [0, 0.05) is 6.20 Å². The molecule has 22 heavy (non-hydrogen) atoms. The molecule has 1 aromatic carbocycles. The molecule has 0 saturated carbocycles. The number of hydrogen-bond donors (Lipinski definition) is 2. The molecule has 0 bridgehead atoms. The van der Waals surface area contributed by atoms with Crippen LogP contribution in [0.4, 0.5) is 5.69 Å². The van der Waals surface area contributed by atoms with E-state index in [-0.39, 0.29) is 6.04 Å². The lowest BCUT2D eigenvalue weighted by Crippen LogP contribution is -2.39. The first-order valence-corrected chi connectivity index (χ1v) is 7.33. The van der Waals surface area contributed by atoms with Crippen molar-refractivity contribution < 1.29 is 9.47 Å². The Bertz CT molecular complexity index is 607. The van der Waals surface area contributed by atoms with Gasteiger partial charge >= 0.3 is 0 Å². The quantitative estimate of drug-likeness (QED) is 0.799. The summed E-state index contributed by atoms with van der Waals surface area (Å²) < 4.78 is 11.0. The van der Waals surface area contributed by atoms with Crippen LogP contribution in [0.5, 0.6) is 11.5 Å². The van der Waals surface area contributed by atoms with Crippen LogP contribution in [0.2, 0.25) is 0 Å². The van der Waals surface area contributed by atoms with Crippen molar-refractivity contribution in [2.75, 3.05) is 19.0 Å². The summed E-state index contributed by atoms with van der Waals surface area (Å²) in [7, 11) is 1.62. The van der Waals surface area contributed by atoms with Gasteiger partial charge in [0.15, 0.2) is 16.6 Å². The van der Waals surface area contributed by atoms with Gasteiger partial charge in [-0.15, -0.1) is 0 Å². The predicted octanol–water partition coefficient (Wildman–Crippen LogP) is 2.84. The van der Waals surface area contributed by atoms with Crippen molar-refractivity contribution in [3.05, 3.63) is 48.8 Å². The number of nitrogens with zero attached hydrogens (tertiary/aromatic N) is 1. The SMILES string of the molecule is COc1ccccc1OC[C@@H](C)NC(=S)Nc1cccnc1. The van der Waals surface area contributed by atoms with Crippen LogP contribution in [-0.2, 0) is 0 Å². The predicted molar refractivity (Wildman–Crippen MR) is 91.5 cm³/mol. The molecule has 116 valence electrons. The van der Waals surface area contributed by atoms with Crippen LogP contribution in [0.1, 0.15) is 6.92 Å². The Balaban J connectivity index is 1.80. The Hall–Kier alpha value is -2.34. The smallest absolute Gasteiger partial charge is 0.171 e. The Morgan fingerprint density at radius 2 is 2.00 bits per heavy atom. The highest BCUT2D eigenvalue weighted by Gasteiger charge is 2.08. The van der Waals surface area contributed by atoms with E-state index in [1.54, 1.807) is 19.5 Å². The maximum atomic E-state index is 5.75. The summed E-state index contributed by atoms with van der Waals surface area (Å²) in [5.74, 6) is 1.43. The third-order valence-corrected chi connectivity index (χ3v) is 3.07. The molecule has 0 spiro atoms. The number of nitrogens with one attached hydrogen (secondary N) is 2. The van der Waals surface area contributed by atoms with Crippen molar-refractivity contribution in [2.24, 2.45) is 0 Å². The molecule has 0 unspecified atom stereocenters. The van der Waals surface area contributed by atoms with Crippen molar-refractivity contribution in [1.82, 2.24) is 10.3 Å². The van der Waals surface area contributed by atoms with Crippen molar-refractivity contribution in [3.8, 4) is 11.5 Å². The van der Waals surface area contributed by atoms with E-state index in [2.05, 4.69) is 15.6 Å². The lowest BCUT2D eigenvalue weighted by Gasteiger charge is -2.18. The third-order valence-electron chi connectivity index (χ3n) is 2.85. The van der Waals surface area contributed by atoms with E-state index >= 15 is 0 Å². The monoisotopic (exact) mass is 317 g/mol. The summed E-state index contributed by atoms with van der Waals surface area (Å²) in [5, 5.41) is 6.77. The van der Waals surface area contributed by atoms with Crippen molar-refractivity contribution in [3.63, 3.8) is 0 Å². The number of benzene rings is 1. The molecule has 1 aromatic heterocycles. The molecule has 0 saturated heterocycles. The van der Waals surface area contributed by atoms with Crippen molar-refractivity contribution in [1.29, 1.82) is 0 Å². The minimum absolute atomic E-state index is 0.0431. The number of rotatable bonds is 6. The first-order valence-electron chi connectivity index (χ1n) is 6.92. The fourth-order valence-electron chi connectivity index (χ4n) is 1.82. The molecule has 0 aliphatic heterocycles. The molecule has 2 rings (SSSR count). The van der Waals surface area contributed by atoms with E-state index in [9.17, 15) is 0 Å². The number of thiocarbonyl (C=S) groups is 1. The van der Waals surface area contributed by atoms with E-state index in [4.69, 9.17) is 21.7 Å². The van der Waals surface area contributed by atoms with Crippen LogP contribution < -0.4 is 20.1 Å². The molecule has 6 heteroatoms. The first kappa shape index (κ1) is 16.0. The summed E-state index contributed by atoms with van der Waals surface area (Å²) >= 11 is 5.26. The average Bonchev–Trinajstić information content (AvgIpc) is 2.54. The molecule has 0 fully saturated rings. The van der Waals surface area contributed by atoms with Crippen LogP contribution in [-0.4, -0.2) is 29.9 Å². The zero-order valence-corrected chi connectivity index (χ0v) is 13.4. The molecule has 0 amide bonds. The molecule has 1 heterocycles. The van der Waals surface area contributed by atoms with Crippen LogP contribution in [0.15, 0.2) is 48.8 Å². The van der Waals surface area contributed by atoms with Crippen molar-refractivity contribution >= 4 is 23.0 Å². The van der Waals surface area contributed by atoms with Gasteiger partial charge in [-0.2, -0.15) is 0 Å². The van der Waals surface area contributed by atoms with Gasteiger partial charge < -0.3 is 20.1 Å². The van der Waals surface area contributed by atoms with Gasteiger partial charge in [-0.3, -0.25) is 4.98 Å². The summed E-state index contributed by atoms with van der Waals surface area (Å²) in [4.78, 5) is 4.02. The highest BCUT2D eigenvalue weighted by atomic mass is 32.1. The summed E-state index contributed by atoms with van der Waals surface area (Å²) in [6.07, 6.45) is 3.43. The fourth-order valence-corrected chi connectivity index (χ4v) is 2.14. The zero-order chi connectivity index (χ0) is 15.8. The number of pyridine rings is 1. The van der Waals surface area contributed by atoms with Crippen LogP contribution >= 0.6 is 12.2 Å². The topological polar surface area (TPSA) is 55.4 Å². The zero-order valence-electron chi connectivity index (χ0n) is 12.6. The van der Waals surface area contributed by atoms with E-state index in [0.29, 0.717) is 23.2 Å².